The quantitative estimate of drug-likeness (QED) is 0.593. The van der Waals surface area contributed by atoms with E-state index in [0.717, 1.165) is 37.3 Å². The number of nitrogens with zero attached hydrogens (tertiary/aromatic N) is 2. The summed E-state index contributed by atoms with van der Waals surface area (Å²) >= 11 is 0. The predicted octanol–water partition coefficient (Wildman–Crippen LogP) is 1.64. The molecule has 3 N–H and O–H groups in total. The summed E-state index contributed by atoms with van der Waals surface area (Å²) in [5, 5.41) is 0. The highest BCUT2D eigenvalue weighted by Gasteiger charge is 2.17. The Morgan fingerprint density at radius 3 is 3.00 bits per heavy atom. The third-order valence-electron chi connectivity index (χ3n) is 3.40. The van der Waals surface area contributed by atoms with E-state index in [4.69, 9.17) is 10.6 Å². The first kappa shape index (κ1) is 13.4. The Hall–Kier alpha value is -1.04. The molecule has 0 bridgehead atoms. The van der Waals surface area contributed by atoms with Crippen LogP contribution in [0.2, 0.25) is 0 Å². The zero-order valence-electron chi connectivity index (χ0n) is 10.9. The minimum absolute atomic E-state index is 0.0829. The lowest BCUT2D eigenvalue weighted by Gasteiger charge is -2.16. The summed E-state index contributed by atoms with van der Waals surface area (Å²) in [6.07, 6.45) is 9.59. The fraction of sp³-hybridized carbons (Fsp3) is 0.692. The van der Waals surface area contributed by atoms with Gasteiger partial charge in [-0.3, -0.25) is 21.2 Å². The molecule has 1 fully saturated rings. The van der Waals surface area contributed by atoms with Gasteiger partial charge in [0.2, 0.25) is 0 Å². The summed E-state index contributed by atoms with van der Waals surface area (Å²) in [5.41, 5.74) is 4.66. The SMILES string of the molecule is Cc1cnc(C(CCCC2CCCO2)NN)cn1. The van der Waals surface area contributed by atoms with Crippen LogP contribution in [0.5, 0.6) is 0 Å². The Morgan fingerprint density at radius 2 is 2.39 bits per heavy atom. The van der Waals surface area contributed by atoms with E-state index in [-0.39, 0.29) is 6.04 Å². The first-order valence-corrected chi connectivity index (χ1v) is 6.66. The standard InChI is InChI=1S/C13H22N4O/c1-10-8-16-13(9-15-10)12(17-14)6-2-4-11-5-3-7-18-11/h8-9,11-12,17H,2-7,14H2,1H3. The van der Waals surface area contributed by atoms with Crippen molar-refractivity contribution in [2.75, 3.05) is 6.61 Å². The van der Waals surface area contributed by atoms with Crippen LogP contribution in [0.4, 0.5) is 0 Å². The summed E-state index contributed by atoms with van der Waals surface area (Å²) in [4.78, 5) is 8.61. The molecule has 2 unspecified atom stereocenters. The van der Waals surface area contributed by atoms with Crippen LogP contribution < -0.4 is 11.3 Å². The summed E-state index contributed by atoms with van der Waals surface area (Å²) in [6.45, 7) is 2.85. The molecule has 1 aromatic rings. The number of nitrogens with one attached hydrogen (secondary N) is 1. The van der Waals surface area contributed by atoms with Crippen molar-refractivity contribution in [1.82, 2.24) is 15.4 Å². The lowest BCUT2D eigenvalue weighted by Crippen LogP contribution is -2.29. The van der Waals surface area contributed by atoms with Crippen molar-refractivity contribution in [2.24, 2.45) is 5.84 Å². The van der Waals surface area contributed by atoms with E-state index in [9.17, 15) is 0 Å². The fourth-order valence-electron chi connectivity index (χ4n) is 2.32. The second kappa shape index (κ2) is 6.78. The van der Waals surface area contributed by atoms with Crippen LogP contribution in [0.1, 0.15) is 49.5 Å². The summed E-state index contributed by atoms with van der Waals surface area (Å²) < 4.78 is 5.61. The highest BCUT2D eigenvalue weighted by atomic mass is 16.5. The Labute approximate surface area is 108 Å². The largest absolute Gasteiger partial charge is 0.378 e. The molecule has 2 rings (SSSR count). The summed E-state index contributed by atoms with van der Waals surface area (Å²) in [5.74, 6) is 5.59. The van der Waals surface area contributed by atoms with Crippen molar-refractivity contribution in [2.45, 2.75) is 51.2 Å². The smallest absolute Gasteiger partial charge is 0.0769 e. The highest BCUT2D eigenvalue weighted by molar-refractivity contribution is 5.05. The van der Waals surface area contributed by atoms with Gasteiger partial charge in [-0.05, 0) is 39.0 Å². The molecule has 0 saturated carbocycles. The molecule has 0 radical (unpaired) electrons. The number of aryl methyl sites for hydroxylation is 1. The molecule has 2 heterocycles. The van der Waals surface area contributed by atoms with Crippen LogP contribution in [0.15, 0.2) is 12.4 Å². The van der Waals surface area contributed by atoms with E-state index in [1.54, 1.807) is 12.4 Å². The van der Waals surface area contributed by atoms with Crippen LogP contribution in [-0.4, -0.2) is 22.7 Å². The van der Waals surface area contributed by atoms with Gasteiger partial charge in [-0.1, -0.05) is 0 Å². The van der Waals surface area contributed by atoms with Crippen LogP contribution >= 0.6 is 0 Å². The molecule has 1 aliphatic heterocycles. The van der Waals surface area contributed by atoms with Gasteiger partial charge in [0.15, 0.2) is 0 Å². The van der Waals surface area contributed by atoms with Crippen LogP contribution in [0.25, 0.3) is 0 Å². The maximum Gasteiger partial charge on any atom is 0.0769 e. The van der Waals surface area contributed by atoms with Gasteiger partial charge >= 0.3 is 0 Å². The summed E-state index contributed by atoms with van der Waals surface area (Å²) in [6, 6.07) is 0.0829. The van der Waals surface area contributed by atoms with Gasteiger partial charge in [-0.15, -0.1) is 0 Å². The van der Waals surface area contributed by atoms with E-state index in [2.05, 4.69) is 15.4 Å². The molecule has 5 heteroatoms. The van der Waals surface area contributed by atoms with Gasteiger partial charge in [0.05, 0.1) is 29.7 Å². The third-order valence-corrected chi connectivity index (χ3v) is 3.40. The predicted molar refractivity (Wildman–Crippen MR) is 69.7 cm³/mol. The lowest BCUT2D eigenvalue weighted by atomic mass is 10.0. The van der Waals surface area contributed by atoms with Crippen molar-refractivity contribution in [3.63, 3.8) is 0 Å². The minimum Gasteiger partial charge on any atom is -0.378 e. The number of hydrogen-bond acceptors (Lipinski definition) is 5. The van der Waals surface area contributed by atoms with E-state index >= 15 is 0 Å². The molecule has 0 aromatic carbocycles. The first-order valence-electron chi connectivity index (χ1n) is 6.66. The lowest BCUT2D eigenvalue weighted by molar-refractivity contribution is 0.101. The maximum absolute atomic E-state index is 5.61. The monoisotopic (exact) mass is 250 g/mol. The maximum atomic E-state index is 5.61. The molecule has 100 valence electrons. The number of ether oxygens (including phenoxy) is 1. The topological polar surface area (TPSA) is 73.1 Å². The average Bonchev–Trinajstić information content (AvgIpc) is 2.89. The molecule has 18 heavy (non-hydrogen) atoms. The van der Waals surface area contributed by atoms with Gasteiger partial charge < -0.3 is 4.74 Å². The van der Waals surface area contributed by atoms with Crippen LogP contribution in [0, 0.1) is 6.92 Å². The molecule has 1 aromatic heterocycles. The van der Waals surface area contributed by atoms with Gasteiger partial charge in [0, 0.05) is 12.8 Å². The zero-order chi connectivity index (χ0) is 12.8. The van der Waals surface area contributed by atoms with Crippen molar-refractivity contribution in [3.05, 3.63) is 23.8 Å². The van der Waals surface area contributed by atoms with Crippen LogP contribution in [-0.2, 0) is 4.74 Å². The highest BCUT2D eigenvalue weighted by Crippen LogP contribution is 2.21. The van der Waals surface area contributed by atoms with Gasteiger partial charge in [0.1, 0.15) is 0 Å². The fourth-order valence-corrected chi connectivity index (χ4v) is 2.32. The average molecular weight is 250 g/mol. The third kappa shape index (κ3) is 3.73. The van der Waals surface area contributed by atoms with Crippen molar-refractivity contribution in [3.8, 4) is 0 Å². The van der Waals surface area contributed by atoms with E-state index in [1.165, 1.54) is 12.8 Å². The number of hydrogen-bond donors (Lipinski definition) is 2. The number of rotatable bonds is 6. The van der Waals surface area contributed by atoms with Crippen molar-refractivity contribution >= 4 is 0 Å². The Balaban J connectivity index is 1.79. The molecule has 2 atom stereocenters. The normalized spacial score (nSPS) is 21.1. The molecule has 5 nitrogen and oxygen atoms in total. The molecule has 1 saturated heterocycles. The number of hydrazine groups is 1. The van der Waals surface area contributed by atoms with E-state index in [1.807, 2.05) is 6.92 Å². The molecular weight excluding hydrogens is 228 g/mol. The number of aromatic nitrogens is 2. The van der Waals surface area contributed by atoms with Gasteiger partial charge in [-0.25, -0.2) is 0 Å². The van der Waals surface area contributed by atoms with Crippen molar-refractivity contribution < 1.29 is 4.74 Å². The molecule has 0 amide bonds. The molecule has 0 spiro atoms. The van der Waals surface area contributed by atoms with Gasteiger partial charge in [-0.2, -0.15) is 0 Å². The molecular formula is C13H22N4O. The van der Waals surface area contributed by atoms with E-state index < -0.39 is 0 Å². The Morgan fingerprint density at radius 1 is 1.50 bits per heavy atom. The second-order valence-electron chi connectivity index (χ2n) is 4.87. The second-order valence-corrected chi connectivity index (χ2v) is 4.87. The minimum atomic E-state index is 0.0829. The first-order chi connectivity index (χ1) is 8.79. The Bertz CT molecular complexity index is 349. The number of nitrogens with two attached hydrogens (primary N) is 1. The van der Waals surface area contributed by atoms with Crippen LogP contribution in [0.3, 0.4) is 0 Å². The summed E-state index contributed by atoms with van der Waals surface area (Å²) in [7, 11) is 0. The van der Waals surface area contributed by atoms with Crippen molar-refractivity contribution in [1.29, 1.82) is 0 Å². The molecule has 1 aliphatic rings. The van der Waals surface area contributed by atoms with Gasteiger partial charge in [0.25, 0.3) is 0 Å². The van der Waals surface area contributed by atoms with E-state index in [0.29, 0.717) is 6.10 Å². The molecule has 0 aliphatic carbocycles. The zero-order valence-corrected chi connectivity index (χ0v) is 10.9. The Kier molecular flexibility index (Phi) is 5.04.